The van der Waals surface area contributed by atoms with Crippen LogP contribution >= 0.6 is 22.6 Å². The van der Waals surface area contributed by atoms with Crippen LogP contribution in [-0.2, 0) is 4.79 Å². The van der Waals surface area contributed by atoms with Gasteiger partial charge in [0.15, 0.2) is 0 Å². The second kappa shape index (κ2) is 3.89. The molecule has 1 aromatic rings. The molecule has 1 N–H and O–H groups in total. The summed E-state index contributed by atoms with van der Waals surface area (Å²) in [6.45, 7) is 1.95. The predicted molar refractivity (Wildman–Crippen MR) is 55.6 cm³/mol. The van der Waals surface area contributed by atoms with Gasteiger partial charge in [-0.25, -0.2) is 0 Å². The molecular weight excluding hydrogens is 267 g/mol. The van der Waals surface area contributed by atoms with Crippen LogP contribution in [0.4, 0.5) is 0 Å². The Balaban J connectivity index is 2.95. The topological polar surface area (TPSA) is 37.3 Å². The van der Waals surface area contributed by atoms with Crippen molar-refractivity contribution in [2.75, 3.05) is 0 Å². The number of hydrogen-bond donors (Lipinski definition) is 1. The molecule has 1 rings (SSSR count). The van der Waals surface area contributed by atoms with Gasteiger partial charge in [0, 0.05) is 0 Å². The van der Waals surface area contributed by atoms with Crippen LogP contribution in [0.15, 0.2) is 24.3 Å². The first kappa shape index (κ1) is 9.51. The number of rotatable bonds is 2. The molecule has 0 bridgehead atoms. The molecular formula is C9H9IO2. The number of aryl methyl sites for hydroxylation is 1. The molecule has 1 unspecified atom stereocenters. The fraction of sp³-hybridized carbons (Fsp3) is 0.222. The summed E-state index contributed by atoms with van der Waals surface area (Å²) in [6, 6.07) is 7.55. The van der Waals surface area contributed by atoms with E-state index in [1.165, 1.54) is 0 Å². The van der Waals surface area contributed by atoms with Crippen LogP contribution in [0.25, 0.3) is 0 Å². The van der Waals surface area contributed by atoms with E-state index in [4.69, 9.17) is 5.11 Å². The van der Waals surface area contributed by atoms with Crippen molar-refractivity contribution in [1.29, 1.82) is 0 Å². The van der Waals surface area contributed by atoms with Crippen molar-refractivity contribution < 1.29 is 9.90 Å². The molecule has 0 aromatic heterocycles. The van der Waals surface area contributed by atoms with Crippen molar-refractivity contribution in [1.82, 2.24) is 0 Å². The van der Waals surface area contributed by atoms with Crippen molar-refractivity contribution in [3.05, 3.63) is 35.4 Å². The normalized spacial score (nSPS) is 12.5. The Morgan fingerprint density at radius 1 is 1.58 bits per heavy atom. The molecule has 0 saturated heterocycles. The van der Waals surface area contributed by atoms with Gasteiger partial charge in [0.05, 0.1) is 0 Å². The summed E-state index contributed by atoms with van der Waals surface area (Å²) in [4.78, 5) is 10.6. The Morgan fingerprint density at radius 3 is 2.75 bits per heavy atom. The van der Waals surface area contributed by atoms with Gasteiger partial charge in [-0.3, -0.25) is 4.79 Å². The molecule has 0 heterocycles. The minimum absolute atomic E-state index is 0.442. The maximum absolute atomic E-state index is 10.6. The number of halogens is 1. The molecule has 0 aliphatic heterocycles. The Bertz CT molecular complexity index is 296. The molecule has 0 saturated carbocycles. The minimum Gasteiger partial charge on any atom is -0.480 e. The lowest BCUT2D eigenvalue weighted by Crippen LogP contribution is -2.03. The zero-order valence-corrected chi connectivity index (χ0v) is 8.78. The molecule has 64 valence electrons. The number of hydrogen-bond acceptors (Lipinski definition) is 1. The highest BCUT2D eigenvalue weighted by Crippen LogP contribution is 2.23. The molecule has 2 nitrogen and oxygen atoms in total. The second-order valence-corrected chi connectivity index (χ2v) is 3.86. The molecule has 0 radical (unpaired) electrons. The van der Waals surface area contributed by atoms with Crippen molar-refractivity contribution in [2.24, 2.45) is 0 Å². The maximum Gasteiger partial charge on any atom is 0.320 e. The number of alkyl halides is 1. The standard InChI is InChI=1S/C9H9IO2/c1-6-3-2-4-7(5-6)8(10)9(11)12/h2-5,8H,1H3,(H,11,12). The molecule has 3 heteroatoms. The maximum atomic E-state index is 10.6. The Morgan fingerprint density at radius 2 is 2.25 bits per heavy atom. The summed E-state index contributed by atoms with van der Waals surface area (Å²) in [5.41, 5.74) is 1.94. The SMILES string of the molecule is Cc1cccc(C(I)C(=O)O)c1. The first-order valence-corrected chi connectivity index (χ1v) is 4.79. The summed E-state index contributed by atoms with van der Waals surface area (Å²) in [5, 5.41) is 8.72. The first-order valence-electron chi connectivity index (χ1n) is 3.54. The number of carboxylic acids is 1. The van der Waals surface area contributed by atoms with E-state index in [0.29, 0.717) is 0 Å². The van der Waals surface area contributed by atoms with E-state index in [2.05, 4.69) is 0 Å². The summed E-state index contributed by atoms with van der Waals surface area (Å²) in [6.07, 6.45) is 0. The highest BCUT2D eigenvalue weighted by molar-refractivity contribution is 14.1. The average Bonchev–Trinajstić information content (AvgIpc) is 2.03. The Labute approximate surface area is 84.7 Å². The fourth-order valence-corrected chi connectivity index (χ4v) is 1.36. The monoisotopic (exact) mass is 276 g/mol. The lowest BCUT2D eigenvalue weighted by Gasteiger charge is -2.04. The van der Waals surface area contributed by atoms with E-state index < -0.39 is 9.89 Å². The predicted octanol–water partition coefficient (Wildman–Crippen LogP) is 2.56. The number of aliphatic carboxylic acids is 1. The highest BCUT2D eigenvalue weighted by atomic mass is 127. The van der Waals surface area contributed by atoms with E-state index in [9.17, 15) is 4.79 Å². The van der Waals surface area contributed by atoms with Crippen LogP contribution in [0.5, 0.6) is 0 Å². The van der Waals surface area contributed by atoms with E-state index in [1.807, 2.05) is 53.8 Å². The first-order chi connectivity index (χ1) is 5.61. The molecule has 0 aliphatic carbocycles. The number of benzene rings is 1. The highest BCUT2D eigenvalue weighted by Gasteiger charge is 2.14. The third-order valence-corrected chi connectivity index (χ3v) is 2.80. The van der Waals surface area contributed by atoms with Gasteiger partial charge < -0.3 is 5.11 Å². The molecule has 0 fully saturated rings. The fourth-order valence-electron chi connectivity index (χ4n) is 0.970. The van der Waals surface area contributed by atoms with E-state index in [0.717, 1.165) is 11.1 Å². The van der Waals surface area contributed by atoms with Gasteiger partial charge in [-0.05, 0) is 12.5 Å². The van der Waals surface area contributed by atoms with E-state index in [1.54, 1.807) is 0 Å². The van der Waals surface area contributed by atoms with Gasteiger partial charge in [0.25, 0.3) is 0 Å². The van der Waals surface area contributed by atoms with Crippen molar-refractivity contribution in [3.63, 3.8) is 0 Å². The van der Waals surface area contributed by atoms with E-state index in [-0.39, 0.29) is 0 Å². The van der Waals surface area contributed by atoms with Gasteiger partial charge in [0.1, 0.15) is 3.92 Å². The lowest BCUT2D eigenvalue weighted by atomic mass is 10.1. The van der Waals surface area contributed by atoms with Crippen LogP contribution in [0.3, 0.4) is 0 Å². The largest absolute Gasteiger partial charge is 0.480 e. The molecule has 12 heavy (non-hydrogen) atoms. The third-order valence-electron chi connectivity index (χ3n) is 1.55. The Kier molecular flexibility index (Phi) is 3.08. The summed E-state index contributed by atoms with van der Waals surface area (Å²) < 4.78 is -0.442. The van der Waals surface area contributed by atoms with Gasteiger partial charge >= 0.3 is 5.97 Å². The quantitative estimate of drug-likeness (QED) is 0.665. The lowest BCUT2D eigenvalue weighted by molar-refractivity contribution is -0.136. The van der Waals surface area contributed by atoms with Crippen molar-refractivity contribution in [2.45, 2.75) is 10.8 Å². The molecule has 0 aliphatic rings. The summed E-state index contributed by atoms with van der Waals surface area (Å²) in [5.74, 6) is -0.791. The Hall–Kier alpha value is -0.580. The molecule has 0 spiro atoms. The zero-order chi connectivity index (χ0) is 9.14. The van der Waals surface area contributed by atoms with Crippen LogP contribution in [0.1, 0.15) is 15.1 Å². The van der Waals surface area contributed by atoms with Gasteiger partial charge in [-0.1, -0.05) is 52.4 Å². The number of carboxylic acid groups (broad SMARTS) is 1. The van der Waals surface area contributed by atoms with Crippen LogP contribution in [0.2, 0.25) is 0 Å². The minimum atomic E-state index is -0.791. The van der Waals surface area contributed by atoms with Crippen LogP contribution < -0.4 is 0 Å². The zero-order valence-electron chi connectivity index (χ0n) is 6.62. The third kappa shape index (κ3) is 2.20. The van der Waals surface area contributed by atoms with Crippen molar-refractivity contribution in [3.8, 4) is 0 Å². The summed E-state index contributed by atoms with van der Waals surface area (Å²) in [7, 11) is 0. The van der Waals surface area contributed by atoms with Gasteiger partial charge in [-0.15, -0.1) is 0 Å². The number of carbonyl (C=O) groups is 1. The summed E-state index contributed by atoms with van der Waals surface area (Å²) >= 11 is 1.91. The van der Waals surface area contributed by atoms with Gasteiger partial charge in [0.2, 0.25) is 0 Å². The van der Waals surface area contributed by atoms with Crippen LogP contribution in [-0.4, -0.2) is 11.1 Å². The molecule has 0 amide bonds. The second-order valence-electron chi connectivity index (χ2n) is 2.61. The molecule has 1 atom stereocenters. The van der Waals surface area contributed by atoms with E-state index >= 15 is 0 Å². The van der Waals surface area contributed by atoms with Crippen molar-refractivity contribution >= 4 is 28.6 Å². The van der Waals surface area contributed by atoms with Gasteiger partial charge in [-0.2, -0.15) is 0 Å². The smallest absolute Gasteiger partial charge is 0.320 e. The average molecular weight is 276 g/mol. The molecule has 1 aromatic carbocycles. The van der Waals surface area contributed by atoms with Crippen LogP contribution in [0, 0.1) is 6.92 Å².